The Balaban J connectivity index is 1.56. The number of nitrogens with zero attached hydrogens (tertiary/aromatic N) is 1. The zero-order valence-corrected chi connectivity index (χ0v) is 29.0. The third kappa shape index (κ3) is 7.67. The number of sulfonamides is 1. The van der Waals surface area contributed by atoms with Gasteiger partial charge in [-0.3, -0.25) is 0 Å². The molecule has 1 saturated carbocycles. The van der Waals surface area contributed by atoms with Gasteiger partial charge in [0.1, 0.15) is 0 Å². The minimum Gasteiger partial charge on any atom is -0.375 e. The molecule has 2 aromatic carbocycles. The van der Waals surface area contributed by atoms with Gasteiger partial charge in [0.05, 0.1) is 48.4 Å². The van der Waals surface area contributed by atoms with Crippen molar-refractivity contribution in [2.45, 2.75) is 105 Å². The van der Waals surface area contributed by atoms with Crippen molar-refractivity contribution in [2.75, 3.05) is 25.6 Å². The minimum atomic E-state index is -3.88. The second-order valence-corrected chi connectivity index (χ2v) is 23.6. The molecule has 11 heteroatoms. The van der Waals surface area contributed by atoms with E-state index in [2.05, 4.69) is 19.6 Å². The van der Waals surface area contributed by atoms with Crippen molar-refractivity contribution in [1.29, 1.82) is 0 Å². The van der Waals surface area contributed by atoms with Crippen molar-refractivity contribution in [2.24, 2.45) is 5.92 Å². The Kier molecular flexibility index (Phi) is 10.8. The predicted octanol–water partition coefficient (Wildman–Crippen LogP) is 5.87. The molecular weight excluding hydrogens is 615 g/mol. The third-order valence-electron chi connectivity index (χ3n) is 9.62. The van der Waals surface area contributed by atoms with Crippen LogP contribution in [-0.4, -0.2) is 77.9 Å². The zero-order valence-electron chi connectivity index (χ0n) is 26.4. The Labute approximate surface area is 265 Å². The van der Waals surface area contributed by atoms with Crippen LogP contribution in [0.1, 0.15) is 50.5 Å². The van der Waals surface area contributed by atoms with Crippen molar-refractivity contribution in [3.05, 3.63) is 66.2 Å². The van der Waals surface area contributed by atoms with Crippen molar-refractivity contribution >= 4 is 27.9 Å². The van der Waals surface area contributed by atoms with E-state index in [4.69, 9.17) is 14.2 Å². The Morgan fingerprint density at radius 3 is 2.23 bits per heavy atom. The topological polar surface area (TPSA) is 99.2 Å². The fourth-order valence-electron chi connectivity index (χ4n) is 7.40. The van der Waals surface area contributed by atoms with Crippen LogP contribution in [-0.2, 0) is 40.7 Å². The molecule has 2 aromatic rings. The molecule has 1 aliphatic carbocycles. The van der Waals surface area contributed by atoms with Crippen LogP contribution < -0.4 is 0 Å². The number of rotatable bonds is 13. The van der Waals surface area contributed by atoms with E-state index in [1.165, 1.54) is 0 Å². The lowest BCUT2D eigenvalue weighted by atomic mass is 9.70. The van der Waals surface area contributed by atoms with E-state index < -0.39 is 44.8 Å². The number of sulfone groups is 1. The molecule has 244 valence electrons. The summed E-state index contributed by atoms with van der Waals surface area (Å²) in [5.74, 6) is 0.0255. The summed E-state index contributed by atoms with van der Waals surface area (Å²) in [5, 5.41) is -0.915. The quantitative estimate of drug-likeness (QED) is 0.247. The first-order valence-corrected chi connectivity index (χ1v) is 22.9. The van der Waals surface area contributed by atoms with Crippen LogP contribution in [0.25, 0.3) is 0 Å². The predicted molar refractivity (Wildman–Crippen MR) is 175 cm³/mol. The van der Waals surface area contributed by atoms with E-state index in [1.54, 1.807) is 34.6 Å². The van der Waals surface area contributed by atoms with E-state index in [-0.39, 0.29) is 42.5 Å². The average Bonchev–Trinajstić information content (AvgIpc) is 3.64. The highest BCUT2D eigenvalue weighted by atomic mass is 32.2. The maximum Gasteiger partial charge on any atom is 0.214 e. The molecule has 0 radical (unpaired) electrons. The van der Waals surface area contributed by atoms with Crippen molar-refractivity contribution in [1.82, 2.24) is 4.31 Å². The summed E-state index contributed by atoms with van der Waals surface area (Å²) in [4.78, 5) is 0.231. The van der Waals surface area contributed by atoms with Crippen LogP contribution >= 0.6 is 0 Å². The summed E-state index contributed by atoms with van der Waals surface area (Å²) in [6.07, 6.45) is 4.72. The van der Waals surface area contributed by atoms with Gasteiger partial charge in [0.15, 0.2) is 16.1 Å². The van der Waals surface area contributed by atoms with Gasteiger partial charge in [-0.1, -0.05) is 81.0 Å². The van der Waals surface area contributed by atoms with Crippen LogP contribution in [0, 0.1) is 5.92 Å². The normalized spacial score (nSPS) is 27.3. The summed E-state index contributed by atoms with van der Waals surface area (Å²) in [6, 6.07) is 18.0. The van der Waals surface area contributed by atoms with Gasteiger partial charge in [0.2, 0.25) is 10.0 Å². The van der Waals surface area contributed by atoms with Crippen LogP contribution in [0.2, 0.25) is 25.7 Å². The standard InChI is InChI=1S/C33H49NO7S2Si/c1-44(2,3)23-22-42(35,36)34-30(26-39-25-27-12-6-4-7-13-27)31(43(37,38)29-15-8-5-9-16-29)24-33(34)19-11-10-14-28(33)17-18-32-40-20-21-41-32/h4-9,12-13,15-16,28,30-32H,10-11,14,17-26H2,1-3H3/t28-,30-,31+,33-/m0/s1. The molecule has 0 aromatic heterocycles. The molecular formula is C33H49NO7S2Si. The molecule has 3 fully saturated rings. The van der Waals surface area contributed by atoms with Crippen molar-refractivity contribution < 1.29 is 31.0 Å². The maximum absolute atomic E-state index is 14.7. The van der Waals surface area contributed by atoms with E-state index >= 15 is 0 Å². The number of hydrogen-bond acceptors (Lipinski definition) is 7. The molecule has 2 heterocycles. The highest BCUT2D eigenvalue weighted by Crippen LogP contribution is 2.53. The summed E-state index contributed by atoms with van der Waals surface area (Å²) in [5.41, 5.74) is 0.158. The molecule has 44 heavy (non-hydrogen) atoms. The first-order valence-electron chi connectivity index (χ1n) is 16.1. The lowest BCUT2D eigenvalue weighted by Gasteiger charge is -2.48. The monoisotopic (exact) mass is 663 g/mol. The van der Waals surface area contributed by atoms with E-state index in [9.17, 15) is 16.8 Å². The van der Waals surface area contributed by atoms with Gasteiger partial charge in [-0.05, 0) is 61.8 Å². The molecule has 2 aliphatic heterocycles. The molecule has 4 atom stereocenters. The van der Waals surface area contributed by atoms with Gasteiger partial charge in [-0.25, -0.2) is 16.8 Å². The van der Waals surface area contributed by atoms with Crippen LogP contribution in [0.3, 0.4) is 0 Å². The Hall–Kier alpha value is -1.60. The molecule has 1 spiro atoms. The van der Waals surface area contributed by atoms with Crippen molar-refractivity contribution in [3.8, 4) is 0 Å². The Morgan fingerprint density at radius 2 is 1.57 bits per heavy atom. The maximum atomic E-state index is 14.7. The van der Waals surface area contributed by atoms with E-state index in [1.807, 2.05) is 30.3 Å². The van der Waals surface area contributed by atoms with Gasteiger partial charge < -0.3 is 14.2 Å². The molecule has 8 nitrogen and oxygen atoms in total. The summed E-state index contributed by atoms with van der Waals surface area (Å²) in [6.45, 7) is 7.96. The van der Waals surface area contributed by atoms with E-state index in [0.717, 1.165) is 31.2 Å². The SMILES string of the molecule is C[Si](C)(C)CCS(=O)(=O)N1[C@@H](COCc2ccccc2)[C@H](S(=O)(=O)c2ccccc2)C[C@]12CCCC[C@H]2CCC1OCCO1. The second-order valence-electron chi connectivity index (χ2n) is 13.9. The molecule has 3 aliphatic rings. The summed E-state index contributed by atoms with van der Waals surface area (Å²) >= 11 is 0. The van der Waals surface area contributed by atoms with E-state index in [0.29, 0.717) is 32.1 Å². The molecule has 0 unspecified atom stereocenters. The van der Waals surface area contributed by atoms with Gasteiger partial charge in [-0.15, -0.1) is 0 Å². The highest BCUT2D eigenvalue weighted by molar-refractivity contribution is 7.92. The fourth-order valence-corrected chi connectivity index (χ4v) is 14.7. The van der Waals surface area contributed by atoms with Crippen LogP contribution in [0.5, 0.6) is 0 Å². The molecule has 0 bridgehead atoms. The smallest absolute Gasteiger partial charge is 0.214 e. The lowest BCUT2D eigenvalue weighted by Crippen LogP contribution is -2.58. The van der Waals surface area contributed by atoms with Gasteiger partial charge in [0, 0.05) is 13.6 Å². The fraction of sp³-hybridized carbons (Fsp3) is 0.636. The van der Waals surface area contributed by atoms with Crippen molar-refractivity contribution in [3.63, 3.8) is 0 Å². The largest absolute Gasteiger partial charge is 0.375 e. The number of hydrogen-bond donors (Lipinski definition) is 0. The second kappa shape index (κ2) is 14.0. The van der Waals surface area contributed by atoms with Gasteiger partial charge in [0.25, 0.3) is 0 Å². The molecule has 2 saturated heterocycles. The number of ether oxygens (including phenoxy) is 3. The lowest BCUT2D eigenvalue weighted by molar-refractivity contribution is -0.0567. The highest BCUT2D eigenvalue weighted by Gasteiger charge is 2.62. The zero-order chi connectivity index (χ0) is 31.4. The third-order valence-corrected chi connectivity index (χ3v) is 15.9. The number of benzene rings is 2. The Morgan fingerprint density at radius 1 is 0.909 bits per heavy atom. The molecule has 5 rings (SSSR count). The molecule has 0 amide bonds. The van der Waals surface area contributed by atoms with Crippen LogP contribution in [0.4, 0.5) is 0 Å². The summed E-state index contributed by atoms with van der Waals surface area (Å²) < 4.78 is 77.7. The first-order chi connectivity index (χ1) is 20.9. The van der Waals surface area contributed by atoms with Crippen LogP contribution in [0.15, 0.2) is 65.6 Å². The minimum absolute atomic E-state index is 0.00157. The average molecular weight is 664 g/mol. The Bertz CT molecular complexity index is 1430. The first kappa shape index (κ1) is 33.8. The van der Waals surface area contributed by atoms with Gasteiger partial charge >= 0.3 is 0 Å². The molecule has 0 N–H and O–H groups in total. The summed E-state index contributed by atoms with van der Waals surface area (Å²) in [7, 11) is -9.42. The van der Waals surface area contributed by atoms with Gasteiger partial charge in [-0.2, -0.15) is 4.31 Å².